The van der Waals surface area contributed by atoms with Crippen LogP contribution in [0.3, 0.4) is 0 Å². The minimum Gasteiger partial charge on any atom is -0.348 e. The Morgan fingerprint density at radius 1 is 1.19 bits per heavy atom. The van der Waals surface area contributed by atoms with Gasteiger partial charge in [-0.1, -0.05) is 15.9 Å². The summed E-state index contributed by atoms with van der Waals surface area (Å²) in [5.41, 5.74) is 5.91. The van der Waals surface area contributed by atoms with E-state index in [0.29, 0.717) is 11.1 Å². The molecule has 0 fully saturated rings. The number of pyridine rings is 1. The van der Waals surface area contributed by atoms with Crippen molar-refractivity contribution in [2.24, 2.45) is 0 Å². The Morgan fingerprint density at radius 3 is 2.52 bits per heavy atom. The smallest absolute Gasteiger partial charge is 0.253 e. The highest BCUT2D eigenvalue weighted by atomic mass is 79.9. The fourth-order valence-corrected chi connectivity index (χ4v) is 4.41. The van der Waals surface area contributed by atoms with Crippen LogP contribution in [0, 0.1) is 27.7 Å². The second-order valence-corrected chi connectivity index (χ2v) is 7.83. The molecule has 0 aliphatic heterocycles. The summed E-state index contributed by atoms with van der Waals surface area (Å²) in [4.78, 5) is 27.8. The number of H-pyrrole nitrogens is 1. The van der Waals surface area contributed by atoms with Crippen LogP contribution in [0.15, 0.2) is 27.6 Å². The van der Waals surface area contributed by atoms with Gasteiger partial charge < -0.3 is 14.9 Å². The largest absolute Gasteiger partial charge is 0.348 e. The number of fused-ring (bicyclic) bond motifs is 1. The molecular weight excluding hydrogens is 406 g/mol. The third-order valence-corrected chi connectivity index (χ3v) is 5.67. The number of nitrogens with one attached hydrogen (secondary N) is 2. The monoisotopic (exact) mass is 429 g/mol. The van der Waals surface area contributed by atoms with Crippen molar-refractivity contribution in [2.75, 3.05) is 0 Å². The van der Waals surface area contributed by atoms with Crippen LogP contribution in [-0.2, 0) is 13.1 Å². The van der Waals surface area contributed by atoms with Crippen LogP contribution in [0.1, 0.15) is 45.2 Å². The highest BCUT2D eigenvalue weighted by Crippen LogP contribution is 2.33. The number of aromatic nitrogens is 2. The molecule has 6 heteroatoms. The van der Waals surface area contributed by atoms with Crippen LogP contribution in [0.5, 0.6) is 0 Å². The molecule has 0 aliphatic carbocycles. The fourth-order valence-electron chi connectivity index (χ4n) is 3.68. The van der Waals surface area contributed by atoms with Crippen LogP contribution in [0.2, 0.25) is 0 Å². The lowest BCUT2D eigenvalue weighted by Crippen LogP contribution is -2.28. The van der Waals surface area contributed by atoms with Crippen LogP contribution in [0.4, 0.5) is 0 Å². The van der Waals surface area contributed by atoms with Gasteiger partial charge in [0, 0.05) is 46.0 Å². The molecule has 142 valence electrons. The van der Waals surface area contributed by atoms with Crippen LogP contribution in [-0.4, -0.2) is 15.5 Å². The zero-order valence-corrected chi connectivity index (χ0v) is 17.9. The van der Waals surface area contributed by atoms with Crippen molar-refractivity contribution in [1.82, 2.24) is 14.9 Å². The molecule has 2 N–H and O–H groups in total. The molecule has 0 bridgehead atoms. The normalized spacial score (nSPS) is 11.2. The summed E-state index contributed by atoms with van der Waals surface area (Å²) in [6.07, 6.45) is 2.11. The maximum absolute atomic E-state index is 12.9. The van der Waals surface area contributed by atoms with E-state index >= 15 is 0 Å². The van der Waals surface area contributed by atoms with E-state index in [0.717, 1.165) is 38.7 Å². The molecule has 3 aromatic rings. The standard InChI is InChI=1S/C21H24BrN3O2/c1-6-25-10-12(3)18-17(22)8-15(14(5)19(18)25)20(26)23-9-16-11(2)7-13(4)24-21(16)27/h7-8,10H,6,9H2,1-5H3,(H,23,26)(H,24,27). The molecule has 1 aromatic carbocycles. The van der Waals surface area contributed by atoms with Gasteiger partial charge in [0.1, 0.15) is 0 Å². The fraction of sp³-hybridized carbons (Fsp3) is 0.333. The number of benzene rings is 1. The number of halogens is 1. The van der Waals surface area contributed by atoms with Crippen LogP contribution in [0.25, 0.3) is 10.9 Å². The molecule has 5 nitrogen and oxygen atoms in total. The van der Waals surface area contributed by atoms with Crippen LogP contribution >= 0.6 is 15.9 Å². The first-order chi connectivity index (χ1) is 12.7. The SMILES string of the molecule is CCn1cc(C)c2c(Br)cc(C(=O)NCc3c(C)cc(C)[nH]c3=O)c(C)c21. The van der Waals surface area contributed by atoms with Crippen molar-refractivity contribution in [2.45, 2.75) is 47.7 Å². The molecule has 27 heavy (non-hydrogen) atoms. The van der Waals surface area contributed by atoms with E-state index < -0.39 is 0 Å². The molecular formula is C21H24BrN3O2. The molecule has 3 rings (SSSR count). The second-order valence-electron chi connectivity index (χ2n) is 6.98. The molecule has 1 amide bonds. The summed E-state index contributed by atoms with van der Waals surface area (Å²) in [7, 11) is 0. The van der Waals surface area contributed by atoms with Gasteiger partial charge in [0.15, 0.2) is 0 Å². The number of amides is 1. The number of carbonyl (C=O) groups is 1. The first-order valence-electron chi connectivity index (χ1n) is 9.00. The number of nitrogens with zero attached hydrogens (tertiary/aromatic N) is 1. The first-order valence-corrected chi connectivity index (χ1v) is 9.80. The predicted molar refractivity (Wildman–Crippen MR) is 112 cm³/mol. The van der Waals surface area contributed by atoms with E-state index in [2.05, 4.69) is 50.8 Å². The van der Waals surface area contributed by atoms with Gasteiger partial charge in [0.25, 0.3) is 11.5 Å². The van der Waals surface area contributed by atoms with Crippen LogP contribution < -0.4 is 10.9 Å². The average Bonchev–Trinajstić information content (AvgIpc) is 2.94. The van der Waals surface area contributed by atoms with Crippen molar-refractivity contribution in [1.29, 1.82) is 0 Å². The van der Waals surface area contributed by atoms with E-state index in [1.54, 1.807) is 0 Å². The van der Waals surface area contributed by atoms with Gasteiger partial charge in [-0.15, -0.1) is 0 Å². The molecule has 0 saturated heterocycles. The Labute approximate surface area is 166 Å². The lowest BCUT2D eigenvalue weighted by atomic mass is 10.0. The number of hydrogen-bond acceptors (Lipinski definition) is 2. The summed E-state index contributed by atoms with van der Waals surface area (Å²) < 4.78 is 3.07. The number of aryl methyl sites for hydroxylation is 5. The highest BCUT2D eigenvalue weighted by molar-refractivity contribution is 9.10. The van der Waals surface area contributed by atoms with Crippen molar-refractivity contribution in [3.63, 3.8) is 0 Å². The molecule has 0 unspecified atom stereocenters. The zero-order chi connectivity index (χ0) is 19.9. The van der Waals surface area contributed by atoms with Gasteiger partial charge in [-0.25, -0.2) is 0 Å². The summed E-state index contributed by atoms with van der Waals surface area (Å²) >= 11 is 3.62. The van der Waals surface area contributed by atoms with Gasteiger partial charge >= 0.3 is 0 Å². The van der Waals surface area contributed by atoms with Crippen molar-refractivity contribution in [3.05, 3.63) is 66.7 Å². The first kappa shape index (κ1) is 19.4. The Kier molecular flexibility index (Phi) is 5.29. The Morgan fingerprint density at radius 2 is 1.89 bits per heavy atom. The van der Waals surface area contributed by atoms with Gasteiger partial charge in [-0.05, 0) is 63.4 Å². The van der Waals surface area contributed by atoms with Crippen molar-refractivity contribution < 1.29 is 4.79 Å². The van der Waals surface area contributed by atoms with E-state index in [4.69, 9.17) is 0 Å². The van der Waals surface area contributed by atoms with Crippen molar-refractivity contribution in [3.8, 4) is 0 Å². The predicted octanol–water partition coefficient (Wildman–Crippen LogP) is 4.28. The third kappa shape index (κ3) is 3.46. The van der Waals surface area contributed by atoms with E-state index in [-0.39, 0.29) is 18.0 Å². The summed E-state index contributed by atoms with van der Waals surface area (Å²) in [5.74, 6) is -0.184. The van der Waals surface area contributed by atoms with Gasteiger partial charge in [-0.3, -0.25) is 9.59 Å². The number of carbonyl (C=O) groups excluding carboxylic acids is 1. The van der Waals surface area contributed by atoms with Gasteiger partial charge in [0.05, 0.1) is 5.52 Å². The molecule has 0 saturated carbocycles. The minimum absolute atomic E-state index is 0.156. The van der Waals surface area contributed by atoms with E-state index in [1.165, 1.54) is 5.56 Å². The topological polar surface area (TPSA) is 66.9 Å². The maximum atomic E-state index is 12.9. The molecule has 2 heterocycles. The second kappa shape index (κ2) is 7.35. The number of rotatable bonds is 4. The van der Waals surface area contributed by atoms with E-state index in [9.17, 15) is 9.59 Å². The molecule has 0 radical (unpaired) electrons. The molecule has 0 aliphatic rings. The quantitative estimate of drug-likeness (QED) is 0.649. The Bertz CT molecular complexity index is 1110. The summed E-state index contributed by atoms with van der Waals surface area (Å²) in [6.45, 7) is 10.9. The number of hydrogen-bond donors (Lipinski definition) is 2. The maximum Gasteiger partial charge on any atom is 0.253 e. The lowest BCUT2D eigenvalue weighted by Gasteiger charge is -2.13. The minimum atomic E-state index is -0.184. The Balaban J connectivity index is 1.97. The highest BCUT2D eigenvalue weighted by Gasteiger charge is 2.18. The van der Waals surface area contributed by atoms with Crippen molar-refractivity contribution >= 4 is 32.7 Å². The number of aromatic amines is 1. The average molecular weight is 430 g/mol. The third-order valence-electron chi connectivity index (χ3n) is 5.04. The molecule has 2 aromatic heterocycles. The Hall–Kier alpha value is -2.34. The van der Waals surface area contributed by atoms with E-state index in [1.807, 2.05) is 32.9 Å². The lowest BCUT2D eigenvalue weighted by molar-refractivity contribution is 0.0950. The summed E-state index contributed by atoms with van der Waals surface area (Å²) in [5, 5.41) is 4.04. The summed E-state index contributed by atoms with van der Waals surface area (Å²) in [6, 6.07) is 3.78. The van der Waals surface area contributed by atoms with Gasteiger partial charge in [0.2, 0.25) is 0 Å². The van der Waals surface area contributed by atoms with Gasteiger partial charge in [-0.2, -0.15) is 0 Å². The zero-order valence-electron chi connectivity index (χ0n) is 16.3. The molecule has 0 spiro atoms. The molecule has 0 atom stereocenters.